The van der Waals surface area contributed by atoms with Crippen molar-refractivity contribution < 1.29 is 19.8 Å². The first-order chi connectivity index (χ1) is 9.91. The first kappa shape index (κ1) is 15.9. The van der Waals surface area contributed by atoms with Gasteiger partial charge in [-0.2, -0.15) is 0 Å². The minimum atomic E-state index is -0.846. The zero-order chi connectivity index (χ0) is 15.6. The average molecular weight is 298 g/mol. The second kappa shape index (κ2) is 6.54. The Morgan fingerprint density at radius 3 is 2.19 bits per heavy atom. The Bertz CT molecular complexity index is 399. The van der Waals surface area contributed by atoms with Crippen molar-refractivity contribution in [2.75, 3.05) is 13.1 Å². The summed E-state index contributed by atoms with van der Waals surface area (Å²) in [5.74, 6) is 0.583. The van der Waals surface area contributed by atoms with Crippen molar-refractivity contribution in [3.05, 3.63) is 0 Å². The minimum absolute atomic E-state index is 0.0405. The third-order valence-corrected chi connectivity index (χ3v) is 5.06. The van der Waals surface area contributed by atoms with Crippen LogP contribution in [0.15, 0.2) is 0 Å². The fourth-order valence-electron chi connectivity index (χ4n) is 4.00. The molecule has 0 radical (unpaired) electrons. The molecule has 2 rings (SSSR count). The van der Waals surface area contributed by atoms with E-state index < -0.39 is 12.2 Å². The van der Waals surface area contributed by atoms with Crippen LogP contribution in [-0.4, -0.2) is 57.4 Å². The Labute approximate surface area is 125 Å². The second-order valence-electron chi connectivity index (χ2n) is 6.60. The number of hydrogen-bond donors (Lipinski definition) is 2. The molecule has 0 spiro atoms. The molecule has 0 aliphatic carbocycles. The second-order valence-corrected chi connectivity index (χ2v) is 6.60. The molecule has 2 fully saturated rings. The Morgan fingerprint density at radius 1 is 1.05 bits per heavy atom. The lowest BCUT2D eigenvalue weighted by Gasteiger charge is -2.35. The summed E-state index contributed by atoms with van der Waals surface area (Å²) in [6.45, 7) is 5.45. The first-order valence-electron chi connectivity index (χ1n) is 7.91. The monoisotopic (exact) mass is 298 g/mol. The van der Waals surface area contributed by atoms with E-state index in [9.17, 15) is 19.8 Å². The summed E-state index contributed by atoms with van der Waals surface area (Å²) in [5.41, 5.74) is 0. The quantitative estimate of drug-likeness (QED) is 0.836. The lowest BCUT2D eigenvalue weighted by atomic mass is 9.81. The van der Waals surface area contributed by atoms with Crippen LogP contribution in [0.2, 0.25) is 0 Å². The highest BCUT2D eigenvalue weighted by Gasteiger charge is 2.39. The van der Waals surface area contributed by atoms with Crippen molar-refractivity contribution >= 4 is 12.2 Å². The topological polar surface area (TPSA) is 81.1 Å². The van der Waals surface area contributed by atoms with E-state index >= 15 is 0 Å². The largest absolute Gasteiger partial charge is 0.465 e. The van der Waals surface area contributed by atoms with Gasteiger partial charge in [-0.1, -0.05) is 13.8 Å². The summed E-state index contributed by atoms with van der Waals surface area (Å²) in [6.07, 6.45) is 2.71. The van der Waals surface area contributed by atoms with Crippen LogP contribution in [0.4, 0.5) is 9.59 Å². The van der Waals surface area contributed by atoms with Crippen LogP contribution in [-0.2, 0) is 0 Å². The third kappa shape index (κ3) is 3.41. The van der Waals surface area contributed by atoms with E-state index in [1.165, 1.54) is 4.90 Å². The maximum atomic E-state index is 11.4. The van der Waals surface area contributed by atoms with Gasteiger partial charge in [0.1, 0.15) is 0 Å². The molecule has 2 N–H and O–H groups in total. The van der Waals surface area contributed by atoms with Crippen molar-refractivity contribution in [1.29, 1.82) is 0 Å². The molecule has 2 aliphatic rings. The number of amides is 2. The van der Waals surface area contributed by atoms with E-state index in [0.717, 1.165) is 32.1 Å². The van der Waals surface area contributed by atoms with Crippen molar-refractivity contribution in [3.8, 4) is 0 Å². The molecule has 21 heavy (non-hydrogen) atoms. The molecule has 0 bridgehead atoms. The van der Waals surface area contributed by atoms with Crippen LogP contribution in [0.1, 0.15) is 46.0 Å². The van der Waals surface area contributed by atoms with E-state index in [2.05, 4.69) is 13.8 Å². The maximum Gasteiger partial charge on any atom is 0.407 e. The fourth-order valence-corrected chi connectivity index (χ4v) is 4.00. The standard InChI is InChI=1S/C15H26N2O4/c1-10(2)12(13-6-4-8-17(13)15(20)21)9-11-5-3-7-16(11)14(18)19/h10-13H,3-9H2,1-2H3,(H,18,19)(H,20,21). The van der Waals surface area contributed by atoms with Crippen molar-refractivity contribution in [2.24, 2.45) is 11.8 Å². The maximum absolute atomic E-state index is 11.4. The molecule has 2 aliphatic heterocycles. The highest BCUT2D eigenvalue weighted by Crippen LogP contribution is 2.35. The van der Waals surface area contributed by atoms with Gasteiger partial charge in [0.25, 0.3) is 0 Å². The Morgan fingerprint density at radius 2 is 1.62 bits per heavy atom. The molecule has 2 saturated heterocycles. The number of likely N-dealkylation sites (tertiary alicyclic amines) is 2. The van der Waals surface area contributed by atoms with Gasteiger partial charge in [-0.05, 0) is 43.9 Å². The van der Waals surface area contributed by atoms with Gasteiger partial charge < -0.3 is 20.0 Å². The van der Waals surface area contributed by atoms with Crippen molar-refractivity contribution in [1.82, 2.24) is 9.80 Å². The zero-order valence-electron chi connectivity index (χ0n) is 12.9. The van der Waals surface area contributed by atoms with Crippen LogP contribution in [0.3, 0.4) is 0 Å². The molecule has 0 aromatic heterocycles. The summed E-state index contributed by atoms with van der Waals surface area (Å²) < 4.78 is 0. The normalized spacial score (nSPS) is 27.4. The molecule has 0 saturated carbocycles. The number of nitrogens with zero attached hydrogens (tertiary/aromatic N) is 2. The number of hydrogen-bond acceptors (Lipinski definition) is 2. The predicted molar refractivity (Wildman–Crippen MR) is 78.5 cm³/mol. The van der Waals surface area contributed by atoms with E-state index in [4.69, 9.17) is 0 Å². The highest BCUT2D eigenvalue weighted by atomic mass is 16.4. The van der Waals surface area contributed by atoms with Gasteiger partial charge in [-0.15, -0.1) is 0 Å². The fraction of sp³-hybridized carbons (Fsp3) is 0.867. The molecule has 0 aromatic rings. The molecule has 3 unspecified atom stereocenters. The van der Waals surface area contributed by atoms with Crippen molar-refractivity contribution in [3.63, 3.8) is 0 Å². The highest BCUT2D eigenvalue weighted by molar-refractivity contribution is 5.66. The van der Waals surface area contributed by atoms with Gasteiger partial charge in [0.2, 0.25) is 0 Å². The van der Waals surface area contributed by atoms with Crippen LogP contribution in [0.25, 0.3) is 0 Å². The van der Waals surface area contributed by atoms with E-state index in [1.807, 2.05) is 0 Å². The van der Waals surface area contributed by atoms with Crippen LogP contribution in [0.5, 0.6) is 0 Å². The van der Waals surface area contributed by atoms with Crippen molar-refractivity contribution in [2.45, 2.75) is 58.0 Å². The van der Waals surface area contributed by atoms with Crippen LogP contribution in [0, 0.1) is 11.8 Å². The molecule has 6 heteroatoms. The molecule has 6 nitrogen and oxygen atoms in total. The summed E-state index contributed by atoms with van der Waals surface area (Å²) in [4.78, 5) is 25.7. The molecular weight excluding hydrogens is 272 g/mol. The molecular formula is C15H26N2O4. The average Bonchev–Trinajstić information content (AvgIpc) is 3.04. The smallest absolute Gasteiger partial charge is 0.407 e. The van der Waals surface area contributed by atoms with Crippen LogP contribution < -0.4 is 0 Å². The van der Waals surface area contributed by atoms with Crippen LogP contribution >= 0.6 is 0 Å². The van der Waals surface area contributed by atoms with Gasteiger partial charge >= 0.3 is 12.2 Å². The van der Waals surface area contributed by atoms with Gasteiger partial charge in [0, 0.05) is 25.2 Å². The van der Waals surface area contributed by atoms with E-state index in [1.54, 1.807) is 4.90 Å². The van der Waals surface area contributed by atoms with E-state index in [-0.39, 0.29) is 18.0 Å². The summed E-state index contributed by atoms with van der Waals surface area (Å²) >= 11 is 0. The number of carboxylic acid groups (broad SMARTS) is 2. The molecule has 0 aromatic carbocycles. The third-order valence-electron chi connectivity index (χ3n) is 5.06. The zero-order valence-corrected chi connectivity index (χ0v) is 12.9. The predicted octanol–water partition coefficient (Wildman–Crippen LogP) is 2.93. The van der Waals surface area contributed by atoms with Gasteiger partial charge in [0.05, 0.1) is 0 Å². The minimum Gasteiger partial charge on any atom is -0.465 e. The SMILES string of the molecule is CC(C)C(CC1CCCN1C(=O)O)C1CCCN1C(=O)O. The summed E-state index contributed by atoms with van der Waals surface area (Å²) in [7, 11) is 0. The van der Waals surface area contributed by atoms with Gasteiger partial charge in [-0.3, -0.25) is 0 Å². The van der Waals surface area contributed by atoms with E-state index in [0.29, 0.717) is 19.0 Å². The molecule has 120 valence electrons. The Hall–Kier alpha value is -1.46. The molecule has 3 atom stereocenters. The molecule has 2 heterocycles. The van der Waals surface area contributed by atoms with Gasteiger partial charge in [-0.25, -0.2) is 9.59 Å². The summed E-state index contributed by atoms with van der Waals surface area (Å²) in [6, 6.07) is 0.0879. The lowest BCUT2D eigenvalue weighted by Crippen LogP contribution is -2.44. The molecule has 2 amide bonds. The first-order valence-corrected chi connectivity index (χ1v) is 7.91. The summed E-state index contributed by atoms with van der Waals surface area (Å²) in [5, 5.41) is 18.6. The lowest BCUT2D eigenvalue weighted by molar-refractivity contribution is 0.0935. The Balaban J connectivity index is 2.09. The Kier molecular flexibility index (Phi) is 4.96. The van der Waals surface area contributed by atoms with Gasteiger partial charge in [0.15, 0.2) is 0 Å². The number of rotatable bonds is 4. The number of carbonyl (C=O) groups is 2.